The maximum Gasteiger partial charge on any atom is 0.336 e. The number of carboxylic acids is 1. The zero-order valence-corrected chi connectivity index (χ0v) is 22.8. The highest BCUT2D eigenvalue weighted by atomic mass is 19.1. The monoisotopic (exact) mass is 551 g/mol. The van der Waals surface area contributed by atoms with Crippen molar-refractivity contribution < 1.29 is 38.0 Å². The molecule has 0 spiro atoms. The fourth-order valence-corrected chi connectivity index (χ4v) is 5.57. The Kier molecular flexibility index (Phi) is 7.29. The number of fused-ring (bicyclic) bond motifs is 1. The number of aromatic hydroxyl groups is 1. The predicted octanol–water partition coefficient (Wildman–Crippen LogP) is 6.76. The first-order chi connectivity index (χ1) is 19.1. The van der Waals surface area contributed by atoms with Gasteiger partial charge in [0.15, 0.2) is 23.1 Å². The summed E-state index contributed by atoms with van der Waals surface area (Å²) in [4.78, 5) is 12.1. The molecule has 210 valence electrons. The lowest BCUT2D eigenvalue weighted by Gasteiger charge is -2.27. The van der Waals surface area contributed by atoms with Crippen LogP contribution in [0.5, 0.6) is 11.5 Å². The maximum absolute atomic E-state index is 14.9. The second-order valence-electron chi connectivity index (χ2n) is 10.4. The highest BCUT2D eigenvalue weighted by Crippen LogP contribution is 2.48. The average Bonchev–Trinajstić information content (AvgIpc) is 3.31. The summed E-state index contributed by atoms with van der Waals surface area (Å²) in [5.74, 6) is -2.97. The number of carbonyl (C=O) groups is 1. The lowest BCUT2D eigenvalue weighted by molar-refractivity contribution is 0.0176. The number of aromatic carboxylic acids is 1. The van der Waals surface area contributed by atoms with E-state index in [1.807, 2.05) is 4.57 Å². The topological polar surface area (TPSA) is 90.2 Å². The fraction of sp³-hybridized carbons (Fsp3) is 0.323. The van der Waals surface area contributed by atoms with Crippen molar-refractivity contribution in [3.05, 3.63) is 77.0 Å². The van der Waals surface area contributed by atoms with Gasteiger partial charge in [0, 0.05) is 49.3 Å². The van der Waals surface area contributed by atoms with E-state index >= 15 is 0 Å². The van der Waals surface area contributed by atoms with Crippen LogP contribution in [-0.2, 0) is 15.1 Å². The van der Waals surface area contributed by atoms with E-state index in [1.54, 1.807) is 44.2 Å². The first kappa shape index (κ1) is 27.6. The molecule has 1 aliphatic heterocycles. The number of rotatable bonds is 7. The fourth-order valence-electron chi connectivity index (χ4n) is 5.57. The van der Waals surface area contributed by atoms with Crippen LogP contribution in [0.3, 0.4) is 0 Å². The van der Waals surface area contributed by atoms with Crippen LogP contribution in [0.25, 0.3) is 27.7 Å². The van der Waals surface area contributed by atoms with E-state index in [1.165, 1.54) is 32.4 Å². The highest BCUT2D eigenvalue weighted by molar-refractivity contribution is 6.04. The molecule has 1 fully saturated rings. The van der Waals surface area contributed by atoms with Crippen LogP contribution in [0.2, 0.25) is 0 Å². The normalized spacial score (nSPS) is 14.6. The molecular weight excluding hydrogens is 520 g/mol. The second kappa shape index (κ2) is 10.6. The number of phenolic OH excluding ortho intramolecular Hbond substituents is 1. The van der Waals surface area contributed by atoms with Gasteiger partial charge in [-0.15, -0.1) is 0 Å². The summed E-state index contributed by atoms with van der Waals surface area (Å²) in [6.07, 6.45) is 1.32. The predicted molar refractivity (Wildman–Crippen MR) is 147 cm³/mol. The molecule has 5 rings (SSSR count). The molecule has 0 unspecified atom stereocenters. The molecule has 2 N–H and O–H groups in total. The molecule has 0 atom stereocenters. The standard InChI is InChI=1S/C31H31F2NO6/c1-31(2,39-4)21-15-18(5-7-20(21)30(36)37)26-27-24(10-9-23(33)29(27)35)34(28(26)17-11-13-40-14-12-17)19-6-8-22(32)25(16-19)38-3/h5-10,15-17,35H,11-14H2,1-4H3,(H,36,37). The third-order valence-electron chi connectivity index (χ3n) is 7.79. The molecule has 2 heterocycles. The highest BCUT2D eigenvalue weighted by Gasteiger charge is 2.32. The number of methoxy groups -OCH3 is 2. The third kappa shape index (κ3) is 4.59. The lowest BCUT2D eigenvalue weighted by atomic mass is 9.86. The molecule has 1 saturated heterocycles. The Hall–Kier alpha value is -3.95. The summed E-state index contributed by atoms with van der Waals surface area (Å²) in [6.45, 7) is 4.56. The van der Waals surface area contributed by atoms with Crippen molar-refractivity contribution in [3.8, 4) is 28.3 Å². The zero-order valence-electron chi connectivity index (χ0n) is 22.8. The lowest BCUT2D eigenvalue weighted by Crippen LogP contribution is -2.23. The first-order valence-corrected chi connectivity index (χ1v) is 13.0. The molecule has 40 heavy (non-hydrogen) atoms. The van der Waals surface area contributed by atoms with Crippen LogP contribution in [0, 0.1) is 11.6 Å². The summed E-state index contributed by atoms with van der Waals surface area (Å²) < 4.78 is 47.8. The summed E-state index contributed by atoms with van der Waals surface area (Å²) in [5, 5.41) is 21.3. The minimum absolute atomic E-state index is 0.0418. The third-order valence-corrected chi connectivity index (χ3v) is 7.79. The summed E-state index contributed by atoms with van der Waals surface area (Å²) in [6, 6.07) is 12.1. The van der Waals surface area contributed by atoms with E-state index in [-0.39, 0.29) is 22.6 Å². The Labute approximate surface area is 230 Å². The number of phenols is 1. The largest absolute Gasteiger partial charge is 0.504 e. The van der Waals surface area contributed by atoms with E-state index in [0.717, 1.165) is 5.69 Å². The van der Waals surface area contributed by atoms with Crippen LogP contribution in [-0.4, -0.2) is 48.2 Å². The minimum atomic E-state index is -1.11. The van der Waals surface area contributed by atoms with Crippen molar-refractivity contribution in [2.24, 2.45) is 0 Å². The molecule has 0 aliphatic carbocycles. The Morgan fingerprint density at radius 3 is 2.38 bits per heavy atom. The number of aromatic nitrogens is 1. The Morgan fingerprint density at radius 1 is 1.02 bits per heavy atom. The van der Waals surface area contributed by atoms with Crippen molar-refractivity contribution in [2.75, 3.05) is 27.4 Å². The number of halogens is 2. The van der Waals surface area contributed by atoms with Crippen molar-refractivity contribution in [3.63, 3.8) is 0 Å². The van der Waals surface area contributed by atoms with Gasteiger partial charge in [0.1, 0.15) is 0 Å². The zero-order chi connectivity index (χ0) is 28.8. The number of carboxylic acid groups (broad SMARTS) is 1. The minimum Gasteiger partial charge on any atom is -0.504 e. The Balaban J connectivity index is 1.93. The van der Waals surface area contributed by atoms with Gasteiger partial charge in [-0.2, -0.15) is 0 Å². The summed E-state index contributed by atoms with van der Waals surface area (Å²) in [5.41, 5.74) is 2.55. The van der Waals surface area contributed by atoms with Gasteiger partial charge in [0.05, 0.1) is 29.2 Å². The summed E-state index contributed by atoms with van der Waals surface area (Å²) >= 11 is 0. The SMILES string of the molecule is COc1cc(-n2c(C3CCOCC3)c(-c3ccc(C(=O)O)c(C(C)(C)OC)c3)c3c(O)c(F)ccc32)ccc1F. The number of hydrogen-bond acceptors (Lipinski definition) is 5. The maximum atomic E-state index is 14.9. The number of benzene rings is 3. The van der Waals surface area contributed by atoms with Crippen LogP contribution in [0.1, 0.15) is 54.2 Å². The van der Waals surface area contributed by atoms with Crippen LogP contribution >= 0.6 is 0 Å². The molecule has 1 aromatic heterocycles. The van der Waals surface area contributed by atoms with Crippen LogP contribution in [0.15, 0.2) is 48.5 Å². The molecule has 1 aliphatic rings. The van der Waals surface area contributed by atoms with Gasteiger partial charge < -0.3 is 29.0 Å². The smallest absolute Gasteiger partial charge is 0.336 e. The molecule has 0 radical (unpaired) electrons. The van der Waals surface area contributed by atoms with E-state index < -0.39 is 29.0 Å². The van der Waals surface area contributed by atoms with Gasteiger partial charge >= 0.3 is 5.97 Å². The van der Waals surface area contributed by atoms with Crippen molar-refractivity contribution in [1.29, 1.82) is 0 Å². The summed E-state index contributed by atoms with van der Waals surface area (Å²) in [7, 11) is 2.88. The van der Waals surface area contributed by atoms with Gasteiger partial charge in [0.25, 0.3) is 0 Å². The van der Waals surface area contributed by atoms with E-state index in [0.29, 0.717) is 53.9 Å². The van der Waals surface area contributed by atoms with Gasteiger partial charge in [-0.3, -0.25) is 0 Å². The number of hydrogen-bond donors (Lipinski definition) is 2. The first-order valence-electron chi connectivity index (χ1n) is 13.0. The van der Waals surface area contributed by atoms with Crippen molar-refractivity contribution in [1.82, 2.24) is 4.57 Å². The van der Waals surface area contributed by atoms with Gasteiger partial charge in [0.2, 0.25) is 0 Å². The molecule has 0 bridgehead atoms. The van der Waals surface area contributed by atoms with Crippen molar-refractivity contribution in [2.45, 2.75) is 38.2 Å². The molecule has 0 amide bonds. The average molecular weight is 552 g/mol. The molecular formula is C31H31F2NO6. The quantitative estimate of drug-likeness (QED) is 0.264. The molecule has 3 aromatic carbocycles. The molecule has 0 saturated carbocycles. The van der Waals surface area contributed by atoms with Gasteiger partial charge in [-0.25, -0.2) is 13.6 Å². The van der Waals surface area contributed by atoms with Crippen molar-refractivity contribution >= 4 is 16.9 Å². The number of ether oxygens (including phenoxy) is 3. The Bertz CT molecular complexity index is 1600. The molecule has 9 heteroatoms. The Morgan fingerprint density at radius 2 is 1.73 bits per heavy atom. The van der Waals surface area contributed by atoms with Gasteiger partial charge in [-0.1, -0.05) is 6.07 Å². The molecule has 7 nitrogen and oxygen atoms in total. The molecule has 4 aromatic rings. The van der Waals surface area contributed by atoms with Gasteiger partial charge in [-0.05, 0) is 74.2 Å². The van der Waals surface area contributed by atoms with E-state index in [4.69, 9.17) is 14.2 Å². The number of nitrogens with zero attached hydrogens (tertiary/aromatic N) is 1. The van der Waals surface area contributed by atoms with E-state index in [9.17, 15) is 23.8 Å². The van der Waals surface area contributed by atoms with Crippen LogP contribution < -0.4 is 4.74 Å². The van der Waals surface area contributed by atoms with E-state index in [2.05, 4.69) is 0 Å². The van der Waals surface area contributed by atoms with Crippen LogP contribution in [0.4, 0.5) is 8.78 Å². The second-order valence-corrected chi connectivity index (χ2v) is 10.4.